The quantitative estimate of drug-likeness (QED) is 0.649. The molecule has 1 aromatic carbocycles. The molecule has 2 aromatic heterocycles. The van der Waals surface area contributed by atoms with E-state index in [1.807, 2.05) is 29.2 Å². The average Bonchev–Trinajstić information content (AvgIpc) is 3.42. The zero-order valence-corrected chi connectivity index (χ0v) is 17.5. The summed E-state index contributed by atoms with van der Waals surface area (Å²) in [5.74, 6) is 0.0746. The van der Waals surface area contributed by atoms with Crippen LogP contribution < -0.4 is 0 Å². The van der Waals surface area contributed by atoms with Crippen LogP contribution in [0.3, 0.4) is 0 Å². The lowest BCUT2D eigenvalue weighted by atomic mass is 9.82. The molecule has 2 aliphatic heterocycles. The summed E-state index contributed by atoms with van der Waals surface area (Å²) >= 11 is 1.89. The number of hydrogen-bond acceptors (Lipinski definition) is 4. The number of fused-ring (bicyclic) bond motifs is 2. The van der Waals surface area contributed by atoms with Gasteiger partial charge >= 0.3 is 0 Å². The number of aromatic nitrogens is 2. The average molecular weight is 408 g/mol. The Morgan fingerprint density at radius 1 is 1.21 bits per heavy atom. The SMILES string of the molecule is CCn1nccc1C(=O)N1CCC2(CC1)OCCc1sc(-c3ccccc3)cc12. The van der Waals surface area contributed by atoms with Crippen molar-refractivity contribution >= 4 is 17.2 Å². The summed E-state index contributed by atoms with van der Waals surface area (Å²) in [6, 6.07) is 14.7. The molecule has 150 valence electrons. The number of carbonyl (C=O) groups is 1. The van der Waals surface area contributed by atoms with Crippen molar-refractivity contribution in [3.63, 3.8) is 0 Å². The van der Waals surface area contributed by atoms with Crippen LogP contribution in [-0.4, -0.2) is 40.3 Å². The highest BCUT2D eigenvalue weighted by Gasteiger charge is 2.43. The third kappa shape index (κ3) is 3.20. The van der Waals surface area contributed by atoms with Gasteiger partial charge in [-0.3, -0.25) is 9.48 Å². The number of nitrogens with zero attached hydrogens (tertiary/aromatic N) is 3. The lowest BCUT2D eigenvalue weighted by Crippen LogP contribution is -2.48. The van der Waals surface area contributed by atoms with Crippen molar-refractivity contribution in [2.45, 2.75) is 38.3 Å². The van der Waals surface area contributed by atoms with E-state index < -0.39 is 0 Å². The van der Waals surface area contributed by atoms with E-state index in [4.69, 9.17) is 4.74 Å². The Balaban J connectivity index is 1.38. The number of benzene rings is 1. The molecule has 29 heavy (non-hydrogen) atoms. The van der Waals surface area contributed by atoms with E-state index in [0.29, 0.717) is 25.3 Å². The molecular weight excluding hydrogens is 382 g/mol. The van der Waals surface area contributed by atoms with Gasteiger partial charge in [0.15, 0.2) is 0 Å². The Kier molecular flexibility index (Phi) is 4.76. The van der Waals surface area contributed by atoms with E-state index in [2.05, 4.69) is 41.5 Å². The number of piperidine rings is 1. The van der Waals surface area contributed by atoms with Crippen LogP contribution in [0.1, 0.15) is 40.7 Å². The van der Waals surface area contributed by atoms with Gasteiger partial charge in [-0.15, -0.1) is 11.3 Å². The highest BCUT2D eigenvalue weighted by molar-refractivity contribution is 7.15. The summed E-state index contributed by atoms with van der Waals surface area (Å²) in [6.45, 7) is 4.90. The summed E-state index contributed by atoms with van der Waals surface area (Å²) in [5.41, 5.74) is 3.04. The first-order valence-corrected chi connectivity index (χ1v) is 11.2. The van der Waals surface area contributed by atoms with E-state index in [0.717, 1.165) is 25.9 Å². The highest BCUT2D eigenvalue weighted by Crippen LogP contribution is 2.46. The van der Waals surface area contributed by atoms with Crippen LogP contribution in [-0.2, 0) is 23.3 Å². The predicted molar refractivity (Wildman–Crippen MR) is 114 cm³/mol. The number of likely N-dealkylation sites (tertiary alicyclic amines) is 1. The van der Waals surface area contributed by atoms with Crippen molar-refractivity contribution in [1.29, 1.82) is 0 Å². The first kappa shape index (κ1) is 18.6. The Hall–Kier alpha value is -2.44. The number of rotatable bonds is 3. The van der Waals surface area contributed by atoms with Crippen LogP contribution in [0.2, 0.25) is 0 Å². The van der Waals surface area contributed by atoms with E-state index >= 15 is 0 Å². The number of ether oxygens (including phenoxy) is 1. The largest absolute Gasteiger partial charge is 0.370 e. The molecule has 0 N–H and O–H groups in total. The molecule has 0 aliphatic carbocycles. The van der Waals surface area contributed by atoms with Gasteiger partial charge in [-0.2, -0.15) is 5.10 Å². The van der Waals surface area contributed by atoms with Crippen molar-refractivity contribution in [2.75, 3.05) is 19.7 Å². The van der Waals surface area contributed by atoms with E-state index in [1.54, 1.807) is 10.9 Å². The number of thiophene rings is 1. The molecule has 1 spiro atoms. The van der Waals surface area contributed by atoms with Gasteiger partial charge < -0.3 is 9.64 Å². The summed E-state index contributed by atoms with van der Waals surface area (Å²) < 4.78 is 8.17. The van der Waals surface area contributed by atoms with E-state index in [1.165, 1.54) is 20.9 Å². The third-order valence-corrected chi connectivity index (χ3v) is 7.40. The van der Waals surface area contributed by atoms with Crippen LogP contribution >= 0.6 is 11.3 Å². The van der Waals surface area contributed by atoms with Gasteiger partial charge in [-0.1, -0.05) is 30.3 Å². The Morgan fingerprint density at radius 3 is 2.76 bits per heavy atom. The molecule has 0 radical (unpaired) electrons. The van der Waals surface area contributed by atoms with E-state index in [-0.39, 0.29) is 11.5 Å². The van der Waals surface area contributed by atoms with Crippen molar-refractivity contribution in [1.82, 2.24) is 14.7 Å². The molecule has 0 saturated carbocycles. The van der Waals surface area contributed by atoms with Crippen molar-refractivity contribution in [3.8, 4) is 10.4 Å². The van der Waals surface area contributed by atoms with Gasteiger partial charge in [-0.25, -0.2) is 0 Å². The first-order chi connectivity index (χ1) is 14.2. The number of carbonyl (C=O) groups excluding carboxylic acids is 1. The van der Waals surface area contributed by atoms with Gasteiger partial charge in [0, 0.05) is 42.0 Å². The van der Waals surface area contributed by atoms with Gasteiger partial charge in [-0.05, 0) is 43.0 Å². The number of aryl methyl sites for hydroxylation is 1. The maximum Gasteiger partial charge on any atom is 0.272 e. The third-order valence-electron chi connectivity index (χ3n) is 6.16. The standard InChI is InChI=1S/C23H25N3O2S/c1-2-26-19(8-12-24-26)22(27)25-13-10-23(11-14-25)18-16-21(17-6-4-3-5-7-17)29-20(18)9-15-28-23/h3-8,12,16H,2,9-11,13-15H2,1H3. The molecule has 5 rings (SSSR count). The molecular formula is C23H25N3O2S. The second-order valence-corrected chi connectivity index (χ2v) is 8.87. The van der Waals surface area contributed by atoms with Crippen LogP contribution in [0, 0.1) is 0 Å². The maximum atomic E-state index is 13.0. The second kappa shape index (κ2) is 7.43. The molecule has 5 nitrogen and oxygen atoms in total. The Morgan fingerprint density at radius 2 is 2.00 bits per heavy atom. The lowest BCUT2D eigenvalue weighted by Gasteiger charge is -2.44. The molecule has 1 fully saturated rings. The van der Waals surface area contributed by atoms with Crippen LogP contribution in [0.5, 0.6) is 0 Å². The molecule has 3 aromatic rings. The number of amides is 1. The summed E-state index contributed by atoms with van der Waals surface area (Å²) in [5, 5.41) is 4.24. The molecule has 6 heteroatoms. The van der Waals surface area contributed by atoms with Crippen LogP contribution in [0.4, 0.5) is 0 Å². The minimum absolute atomic E-state index is 0.0746. The zero-order chi connectivity index (χ0) is 19.8. The summed E-state index contributed by atoms with van der Waals surface area (Å²) in [7, 11) is 0. The normalized spacial score (nSPS) is 18.0. The second-order valence-electron chi connectivity index (χ2n) is 7.73. The molecule has 0 unspecified atom stereocenters. The highest BCUT2D eigenvalue weighted by atomic mass is 32.1. The molecule has 2 aliphatic rings. The minimum atomic E-state index is -0.251. The van der Waals surface area contributed by atoms with Crippen molar-refractivity contribution in [3.05, 3.63) is 64.8 Å². The van der Waals surface area contributed by atoms with Gasteiger partial charge in [0.1, 0.15) is 5.69 Å². The van der Waals surface area contributed by atoms with Crippen LogP contribution in [0.15, 0.2) is 48.7 Å². The number of hydrogen-bond donors (Lipinski definition) is 0. The fourth-order valence-electron chi connectivity index (χ4n) is 4.57. The zero-order valence-electron chi connectivity index (χ0n) is 16.6. The van der Waals surface area contributed by atoms with Crippen molar-refractivity contribution < 1.29 is 9.53 Å². The smallest absolute Gasteiger partial charge is 0.272 e. The Bertz CT molecular complexity index is 1020. The maximum absolute atomic E-state index is 13.0. The van der Waals surface area contributed by atoms with Crippen molar-refractivity contribution in [2.24, 2.45) is 0 Å². The first-order valence-electron chi connectivity index (χ1n) is 10.3. The summed E-state index contributed by atoms with van der Waals surface area (Å²) in [4.78, 5) is 17.7. The Labute approximate surface area is 174 Å². The van der Waals surface area contributed by atoms with Gasteiger partial charge in [0.05, 0.1) is 12.2 Å². The molecule has 4 heterocycles. The fourth-order valence-corrected chi connectivity index (χ4v) is 5.81. The topological polar surface area (TPSA) is 47.4 Å². The lowest BCUT2D eigenvalue weighted by molar-refractivity contribution is -0.0927. The predicted octanol–water partition coefficient (Wildman–Crippen LogP) is 4.34. The fraction of sp³-hybridized carbons (Fsp3) is 0.391. The van der Waals surface area contributed by atoms with Gasteiger partial charge in [0.25, 0.3) is 5.91 Å². The van der Waals surface area contributed by atoms with Crippen LogP contribution in [0.25, 0.3) is 10.4 Å². The van der Waals surface area contributed by atoms with Gasteiger partial charge in [0.2, 0.25) is 0 Å². The van der Waals surface area contributed by atoms with E-state index in [9.17, 15) is 4.79 Å². The monoisotopic (exact) mass is 407 g/mol. The molecule has 1 saturated heterocycles. The molecule has 0 atom stereocenters. The minimum Gasteiger partial charge on any atom is -0.370 e. The summed E-state index contributed by atoms with van der Waals surface area (Å²) in [6.07, 6.45) is 4.37. The molecule has 0 bridgehead atoms. The molecule has 1 amide bonds.